The van der Waals surface area contributed by atoms with Gasteiger partial charge in [-0.05, 0) is 51.6 Å². The van der Waals surface area contributed by atoms with Gasteiger partial charge in [-0.1, -0.05) is 97.1 Å². The van der Waals surface area contributed by atoms with Crippen molar-refractivity contribution < 1.29 is 4.74 Å². The first-order chi connectivity index (χ1) is 15.8. The number of fused-ring (bicyclic) bond motifs is 1. The summed E-state index contributed by atoms with van der Waals surface area (Å²) < 4.78 is 5.36. The van der Waals surface area contributed by atoms with Gasteiger partial charge in [-0.2, -0.15) is 0 Å². The highest BCUT2D eigenvalue weighted by Gasteiger charge is 2.31. The number of nitrogens with zero attached hydrogens (tertiary/aromatic N) is 1. The van der Waals surface area contributed by atoms with E-state index in [1.807, 2.05) is 12.1 Å². The summed E-state index contributed by atoms with van der Waals surface area (Å²) in [5.41, 5.74) is 7.86. The molecule has 0 saturated carbocycles. The van der Waals surface area contributed by atoms with Crippen molar-refractivity contribution >= 4 is 11.6 Å². The lowest BCUT2D eigenvalue weighted by atomic mass is 9.83. The molecule has 1 heterocycles. The van der Waals surface area contributed by atoms with Crippen LogP contribution in [0, 0.1) is 0 Å². The van der Waals surface area contributed by atoms with Gasteiger partial charge in [0.05, 0.1) is 13.2 Å². The maximum Gasteiger partial charge on any atom is 0.118 e. The fourth-order valence-corrected chi connectivity index (χ4v) is 4.62. The van der Waals surface area contributed by atoms with Gasteiger partial charge >= 0.3 is 0 Å². The molecule has 0 spiro atoms. The smallest absolute Gasteiger partial charge is 0.118 e. The fourth-order valence-electron chi connectivity index (χ4n) is 4.62. The van der Waals surface area contributed by atoms with Crippen LogP contribution in [-0.4, -0.2) is 12.0 Å². The van der Waals surface area contributed by atoms with Crippen molar-refractivity contribution in [2.45, 2.75) is 19.1 Å². The summed E-state index contributed by atoms with van der Waals surface area (Å²) in [5, 5.41) is 0. The van der Waals surface area contributed by atoms with Gasteiger partial charge in [-0.25, -0.2) is 0 Å². The highest BCUT2D eigenvalue weighted by Crippen LogP contribution is 2.43. The number of ether oxygens (including phenoxy) is 1. The van der Waals surface area contributed by atoms with E-state index >= 15 is 0 Å². The Morgan fingerprint density at radius 2 is 1.44 bits per heavy atom. The van der Waals surface area contributed by atoms with Crippen molar-refractivity contribution in [3.63, 3.8) is 0 Å². The van der Waals surface area contributed by atoms with Crippen molar-refractivity contribution in [1.29, 1.82) is 0 Å². The van der Waals surface area contributed by atoms with E-state index in [0.29, 0.717) is 0 Å². The molecule has 0 N–H and O–H groups in total. The lowest BCUT2D eigenvalue weighted by Crippen LogP contribution is -2.33. The predicted molar refractivity (Wildman–Crippen MR) is 132 cm³/mol. The Bertz CT molecular complexity index is 1200. The summed E-state index contributed by atoms with van der Waals surface area (Å²) in [6, 6.07) is 38.9. The summed E-state index contributed by atoms with van der Waals surface area (Å²) in [5.74, 6) is 0.876. The van der Waals surface area contributed by atoms with E-state index < -0.39 is 0 Å². The molecule has 158 valence electrons. The summed E-state index contributed by atoms with van der Waals surface area (Å²) >= 11 is 0. The number of benzene rings is 4. The van der Waals surface area contributed by atoms with Crippen molar-refractivity contribution in [2.24, 2.45) is 0 Å². The highest BCUT2D eigenvalue weighted by molar-refractivity contribution is 5.87. The molecule has 4 aromatic carbocycles. The van der Waals surface area contributed by atoms with Crippen LogP contribution >= 0.6 is 0 Å². The zero-order valence-corrected chi connectivity index (χ0v) is 18.3. The first kappa shape index (κ1) is 20.3. The van der Waals surface area contributed by atoms with Crippen LogP contribution in [0.5, 0.6) is 5.75 Å². The molecule has 4 aromatic rings. The Kier molecular flexibility index (Phi) is 5.87. The second-order valence-corrected chi connectivity index (χ2v) is 8.23. The Morgan fingerprint density at radius 3 is 2.16 bits per heavy atom. The van der Waals surface area contributed by atoms with Crippen LogP contribution in [0.3, 0.4) is 0 Å². The van der Waals surface area contributed by atoms with E-state index in [4.69, 9.17) is 4.74 Å². The lowest BCUT2D eigenvalue weighted by Gasteiger charge is -2.39. The Labute approximate surface area is 190 Å². The Balaban J connectivity index is 1.65. The van der Waals surface area contributed by atoms with Crippen LogP contribution in [0.2, 0.25) is 0 Å². The molecular weight excluding hydrogens is 390 g/mol. The standard InChI is InChI=1S/C30H27NO/c1-32-27-18-16-23(17-19-27)20-29-28-15-9-8-14-26(28)22-31(21-24-10-4-2-5-11-24)30(29)25-12-6-3-7-13-25/h2-20,30H,21-22H2,1H3/b29-20-. The van der Waals surface area contributed by atoms with Crippen LogP contribution in [0.4, 0.5) is 0 Å². The first-order valence-corrected chi connectivity index (χ1v) is 11.1. The second-order valence-electron chi connectivity index (χ2n) is 8.23. The summed E-state index contributed by atoms with van der Waals surface area (Å²) in [6.07, 6.45) is 2.34. The minimum Gasteiger partial charge on any atom is -0.497 e. The molecule has 32 heavy (non-hydrogen) atoms. The van der Waals surface area contributed by atoms with E-state index in [1.165, 1.54) is 33.4 Å². The zero-order valence-electron chi connectivity index (χ0n) is 18.3. The average molecular weight is 418 g/mol. The van der Waals surface area contributed by atoms with E-state index in [1.54, 1.807) is 7.11 Å². The third-order valence-corrected chi connectivity index (χ3v) is 6.14. The summed E-state index contributed by atoms with van der Waals surface area (Å²) in [7, 11) is 1.71. The molecule has 0 radical (unpaired) electrons. The van der Waals surface area contributed by atoms with Crippen LogP contribution in [-0.2, 0) is 13.1 Å². The third-order valence-electron chi connectivity index (χ3n) is 6.14. The molecular formula is C30H27NO. The largest absolute Gasteiger partial charge is 0.497 e. The molecule has 0 bridgehead atoms. The van der Waals surface area contributed by atoms with Gasteiger partial charge in [0.15, 0.2) is 0 Å². The maximum atomic E-state index is 5.36. The van der Waals surface area contributed by atoms with E-state index in [-0.39, 0.29) is 6.04 Å². The number of methoxy groups -OCH3 is 1. The van der Waals surface area contributed by atoms with Crippen LogP contribution in [0.25, 0.3) is 11.6 Å². The molecule has 0 amide bonds. The molecule has 0 aliphatic carbocycles. The van der Waals surface area contributed by atoms with Gasteiger partial charge in [0.25, 0.3) is 0 Å². The van der Waals surface area contributed by atoms with E-state index in [2.05, 4.69) is 108 Å². The first-order valence-electron chi connectivity index (χ1n) is 11.1. The van der Waals surface area contributed by atoms with Gasteiger partial charge in [-0.15, -0.1) is 0 Å². The van der Waals surface area contributed by atoms with Gasteiger partial charge in [0.2, 0.25) is 0 Å². The minimum atomic E-state index is 0.174. The summed E-state index contributed by atoms with van der Waals surface area (Å²) in [6.45, 7) is 1.82. The van der Waals surface area contributed by atoms with E-state index in [0.717, 1.165) is 18.8 Å². The fraction of sp³-hybridized carbons (Fsp3) is 0.133. The molecule has 5 rings (SSSR count). The van der Waals surface area contributed by atoms with Crippen molar-refractivity contribution in [1.82, 2.24) is 4.90 Å². The van der Waals surface area contributed by atoms with Gasteiger partial charge < -0.3 is 4.74 Å². The SMILES string of the molecule is COc1ccc(/C=C2/c3ccccc3CN(Cc3ccccc3)C2c2ccccc2)cc1. The van der Waals surface area contributed by atoms with Crippen LogP contribution in [0.1, 0.15) is 33.9 Å². The van der Waals surface area contributed by atoms with Crippen LogP contribution in [0.15, 0.2) is 109 Å². The molecule has 2 heteroatoms. The molecule has 1 aliphatic heterocycles. The Morgan fingerprint density at radius 1 is 0.781 bits per heavy atom. The zero-order chi connectivity index (χ0) is 21.8. The normalized spacial score (nSPS) is 17.2. The molecule has 1 unspecified atom stereocenters. The minimum absolute atomic E-state index is 0.174. The van der Waals surface area contributed by atoms with Crippen molar-refractivity contribution in [3.8, 4) is 5.75 Å². The molecule has 0 aromatic heterocycles. The maximum absolute atomic E-state index is 5.36. The highest BCUT2D eigenvalue weighted by atomic mass is 16.5. The van der Waals surface area contributed by atoms with E-state index in [9.17, 15) is 0 Å². The number of rotatable bonds is 5. The van der Waals surface area contributed by atoms with Crippen molar-refractivity contribution in [2.75, 3.05) is 7.11 Å². The topological polar surface area (TPSA) is 12.5 Å². The van der Waals surface area contributed by atoms with Gasteiger partial charge in [-0.3, -0.25) is 4.90 Å². The third kappa shape index (κ3) is 4.23. The number of hydrogen-bond donors (Lipinski definition) is 0. The predicted octanol–water partition coefficient (Wildman–Crippen LogP) is 6.99. The second kappa shape index (κ2) is 9.25. The lowest BCUT2D eigenvalue weighted by molar-refractivity contribution is 0.211. The average Bonchev–Trinajstić information content (AvgIpc) is 2.86. The van der Waals surface area contributed by atoms with Gasteiger partial charge in [0, 0.05) is 13.1 Å². The quantitative estimate of drug-likeness (QED) is 0.347. The van der Waals surface area contributed by atoms with Crippen LogP contribution < -0.4 is 4.74 Å². The summed E-state index contributed by atoms with van der Waals surface area (Å²) in [4.78, 5) is 2.59. The van der Waals surface area contributed by atoms with Gasteiger partial charge in [0.1, 0.15) is 5.75 Å². The Hall–Kier alpha value is -3.62. The molecule has 0 saturated heterocycles. The molecule has 0 fully saturated rings. The number of hydrogen-bond acceptors (Lipinski definition) is 2. The molecule has 2 nitrogen and oxygen atoms in total. The van der Waals surface area contributed by atoms with Crippen molar-refractivity contribution in [3.05, 3.63) is 137 Å². The molecule has 1 aliphatic rings. The molecule has 1 atom stereocenters. The monoisotopic (exact) mass is 417 g/mol.